The monoisotopic (exact) mass is 528 g/mol. The van der Waals surface area contributed by atoms with Crippen molar-refractivity contribution in [2.24, 2.45) is 0 Å². The number of anilines is 2. The van der Waals surface area contributed by atoms with E-state index in [4.69, 9.17) is 0 Å². The highest BCUT2D eigenvalue weighted by atomic mass is 19.4. The van der Waals surface area contributed by atoms with E-state index in [9.17, 15) is 28.0 Å². The number of hydrogen-bond donors (Lipinski definition) is 0. The topological polar surface area (TPSA) is 69.3 Å². The second-order valence-electron chi connectivity index (χ2n) is 9.70. The summed E-state index contributed by atoms with van der Waals surface area (Å²) in [6.07, 6.45) is 0.0535. The number of carbonyl (C=O) groups excluding carboxylic acids is 2. The number of amides is 1. The molecule has 1 spiro atoms. The Morgan fingerprint density at radius 1 is 0.974 bits per heavy atom. The van der Waals surface area contributed by atoms with Crippen molar-refractivity contribution in [3.8, 4) is 6.07 Å². The molecule has 3 aromatic rings. The van der Waals surface area contributed by atoms with Gasteiger partial charge in [-0.1, -0.05) is 18.2 Å². The molecule has 6 rings (SSSR count). The largest absolute Gasteiger partial charge is 0.416 e. The van der Waals surface area contributed by atoms with Crippen molar-refractivity contribution in [2.75, 3.05) is 16.3 Å². The first-order valence-corrected chi connectivity index (χ1v) is 12.7. The van der Waals surface area contributed by atoms with Gasteiger partial charge in [0.05, 0.1) is 11.1 Å². The van der Waals surface area contributed by atoms with Crippen LogP contribution in [0.1, 0.15) is 37.3 Å². The second-order valence-corrected chi connectivity index (χ2v) is 9.70. The number of nitrogens with zero attached hydrogens (tertiary/aromatic N) is 4. The average Bonchev–Trinajstić information content (AvgIpc) is 3.54. The predicted octanol–water partition coefficient (Wildman–Crippen LogP) is 6.03. The van der Waals surface area contributed by atoms with Gasteiger partial charge < -0.3 is 9.47 Å². The smallest absolute Gasteiger partial charge is 0.311 e. The summed E-state index contributed by atoms with van der Waals surface area (Å²) in [7, 11) is 0. The van der Waals surface area contributed by atoms with E-state index in [1.165, 1.54) is 12.1 Å². The molecule has 0 saturated carbocycles. The van der Waals surface area contributed by atoms with Gasteiger partial charge in [0.25, 0.3) is 0 Å². The second kappa shape index (κ2) is 8.73. The maximum absolute atomic E-state index is 14.5. The Morgan fingerprint density at radius 2 is 1.67 bits per heavy atom. The highest BCUT2D eigenvalue weighted by Crippen LogP contribution is 2.58. The van der Waals surface area contributed by atoms with Crippen LogP contribution in [0.25, 0.3) is 5.82 Å². The fourth-order valence-electron chi connectivity index (χ4n) is 6.19. The van der Waals surface area contributed by atoms with Crippen molar-refractivity contribution in [1.29, 1.82) is 5.26 Å². The molecule has 1 aromatic heterocycles. The van der Waals surface area contributed by atoms with Crippen molar-refractivity contribution >= 4 is 28.9 Å². The molecule has 6 nitrogen and oxygen atoms in total. The molecule has 1 aliphatic carbocycles. The molecule has 1 amide bonds. The van der Waals surface area contributed by atoms with Gasteiger partial charge in [-0.25, -0.2) is 0 Å². The van der Waals surface area contributed by atoms with Crippen molar-refractivity contribution in [1.82, 2.24) is 4.57 Å². The lowest BCUT2D eigenvalue weighted by Crippen LogP contribution is -2.51. The van der Waals surface area contributed by atoms with E-state index < -0.39 is 17.2 Å². The summed E-state index contributed by atoms with van der Waals surface area (Å²) >= 11 is 0. The van der Waals surface area contributed by atoms with E-state index in [0.29, 0.717) is 47.8 Å². The number of benzene rings is 2. The third kappa shape index (κ3) is 3.34. The van der Waals surface area contributed by atoms with Crippen LogP contribution >= 0.6 is 0 Å². The third-order valence-corrected chi connectivity index (χ3v) is 7.73. The number of halogens is 3. The lowest BCUT2D eigenvalue weighted by atomic mass is 9.63. The lowest BCUT2D eigenvalue weighted by Gasteiger charge is -2.45. The van der Waals surface area contributed by atoms with Crippen molar-refractivity contribution in [3.63, 3.8) is 0 Å². The van der Waals surface area contributed by atoms with Gasteiger partial charge in [-0.15, -0.1) is 0 Å². The SMILES string of the molecule is CCN1C(=O)[C@]2(C(C#N)=C(n3cccc3)N(c3ccc(C(F)(F)F)cc3)C3=C2C(=O)CCC3)c2ccccc21. The molecular weight excluding hydrogens is 505 g/mol. The number of allylic oxidation sites excluding steroid dienone is 1. The minimum Gasteiger partial charge on any atom is -0.311 e. The Bertz CT molecular complexity index is 1610. The summed E-state index contributed by atoms with van der Waals surface area (Å²) < 4.78 is 41.8. The van der Waals surface area contributed by atoms with E-state index in [-0.39, 0.29) is 29.3 Å². The fraction of sp³-hybridized carbons (Fsp3) is 0.233. The Morgan fingerprint density at radius 3 is 2.31 bits per heavy atom. The number of nitriles is 1. The molecule has 2 aliphatic heterocycles. The molecule has 0 fully saturated rings. The van der Waals surface area contributed by atoms with Gasteiger partial charge >= 0.3 is 6.18 Å². The summed E-state index contributed by atoms with van der Waals surface area (Å²) in [4.78, 5) is 31.5. The molecule has 3 heterocycles. The Hall–Kier alpha value is -4.58. The maximum Gasteiger partial charge on any atom is 0.416 e. The molecule has 0 radical (unpaired) electrons. The number of alkyl halides is 3. The molecule has 0 N–H and O–H groups in total. The zero-order chi connectivity index (χ0) is 27.5. The van der Waals surface area contributed by atoms with Crippen LogP contribution in [0.4, 0.5) is 24.5 Å². The number of likely N-dealkylation sites (N-methyl/N-ethyl adjacent to an activating group) is 1. The van der Waals surface area contributed by atoms with Crippen LogP contribution in [-0.4, -0.2) is 22.8 Å². The number of rotatable bonds is 3. The highest BCUT2D eigenvalue weighted by Gasteiger charge is 2.62. The van der Waals surface area contributed by atoms with Gasteiger partial charge in [-0.05, 0) is 62.2 Å². The molecule has 0 unspecified atom stereocenters. The van der Waals surface area contributed by atoms with Gasteiger partial charge in [-0.2, -0.15) is 18.4 Å². The maximum atomic E-state index is 14.5. The number of ketones is 1. The van der Waals surface area contributed by atoms with E-state index in [1.54, 1.807) is 51.0 Å². The van der Waals surface area contributed by atoms with Gasteiger partial charge in [0.2, 0.25) is 5.91 Å². The molecule has 2 aromatic carbocycles. The summed E-state index contributed by atoms with van der Waals surface area (Å²) in [6.45, 7) is 2.18. The Kier molecular flexibility index (Phi) is 5.54. The van der Waals surface area contributed by atoms with Crippen LogP contribution in [0.2, 0.25) is 0 Å². The van der Waals surface area contributed by atoms with Crippen LogP contribution in [0.3, 0.4) is 0 Å². The average molecular weight is 529 g/mol. The molecule has 1 atom stereocenters. The Balaban J connectivity index is 1.73. The van der Waals surface area contributed by atoms with Gasteiger partial charge in [0.15, 0.2) is 5.78 Å². The first-order chi connectivity index (χ1) is 18.7. The van der Waals surface area contributed by atoms with Crippen molar-refractivity contribution in [2.45, 2.75) is 37.8 Å². The summed E-state index contributed by atoms with van der Waals surface area (Å²) in [5.74, 6) is -0.299. The number of hydrogen-bond acceptors (Lipinski definition) is 4. The van der Waals surface area contributed by atoms with Crippen LogP contribution in [-0.2, 0) is 21.2 Å². The number of aromatic nitrogens is 1. The third-order valence-electron chi connectivity index (χ3n) is 7.73. The van der Waals surface area contributed by atoms with Crippen molar-refractivity contribution in [3.05, 3.63) is 101 Å². The predicted molar refractivity (Wildman–Crippen MR) is 139 cm³/mol. The number of carbonyl (C=O) groups is 2. The molecule has 3 aliphatic rings. The van der Waals surface area contributed by atoms with Crippen LogP contribution in [0, 0.1) is 11.3 Å². The molecule has 39 heavy (non-hydrogen) atoms. The van der Waals surface area contributed by atoms with Gasteiger partial charge in [0.1, 0.15) is 17.3 Å². The zero-order valence-electron chi connectivity index (χ0n) is 21.0. The van der Waals surface area contributed by atoms with Gasteiger partial charge in [-0.3, -0.25) is 14.5 Å². The molecule has 9 heteroatoms. The summed E-state index contributed by atoms with van der Waals surface area (Å²) in [5, 5.41) is 10.8. The number of para-hydroxylation sites is 1. The molecule has 196 valence electrons. The fourth-order valence-corrected chi connectivity index (χ4v) is 6.19. The first-order valence-electron chi connectivity index (χ1n) is 12.7. The minimum absolute atomic E-state index is 0.0565. The molecular formula is C30H23F3N4O2. The zero-order valence-corrected chi connectivity index (χ0v) is 21.0. The van der Waals surface area contributed by atoms with E-state index in [2.05, 4.69) is 6.07 Å². The van der Waals surface area contributed by atoms with Crippen LogP contribution in [0.15, 0.2) is 89.9 Å². The first kappa shape index (κ1) is 24.7. The van der Waals surface area contributed by atoms with Crippen LogP contribution < -0.4 is 9.80 Å². The molecule has 0 saturated heterocycles. The van der Waals surface area contributed by atoms with E-state index >= 15 is 0 Å². The summed E-state index contributed by atoms with van der Waals surface area (Å²) in [5.41, 5.74) is -0.0892. The summed E-state index contributed by atoms with van der Waals surface area (Å²) in [6, 6.07) is 17.6. The standard InChI is InChI=1S/C30H23F3N4O2/c1-2-36-23-9-4-3-8-21(23)29(28(36)39)22(18-34)27(35-16-5-6-17-35)37(24-10-7-11-25(38)26(24)29)20-14-12-19(13-15-20)30(31,32)33/h3-6,8-9,12-17H,2,7,10-11H2,1H3/t29-/m0/s1. The minimum atomic E-state index is -4.52. The van der Waals surface area contributed by atoms with Crippen molar-refractivity contribution < 1.29 is 22.8 Å². The van der Waals surface area contributed by atoms with E-state index in [1.807, 2.05) is 19.1 Å². The van der Waals surface area contributed by atoms with Gasteiger partial charge in [0, 0.05) is 53.6 Å². The Labute approximate surface area is 222 Å². The van der Waals surface area contributed by atoms with Crippen LogP contribution in [0.5, 0.6) is 0 Å². The molecule has 0 bridgehead atoms. The normalized spacial score (nSPS) is 21.0. The van der Waals surface area contributed by atoms with E-state index in [0.717, 1.165) is 12.1 Å². The highest BCUT2D eigenvalue weighted by molar-refractivity contribution is 6.22. The number of fused-ring (bicyclic) bond motifs is 3. The quantitative estimate of drug-likeness (QED) is 0.416. The number of Topliss-reactive ketones (excluding diaryl/α,β-unsaturated/α-hetero) is 1. The lowest BCUT2D eigenvalue weighted by molar-refractivity contribution is -0.137.